The Morgan fingerprint density at radius 3 is 2.30 bits per heavy atom. The molecule has 0 radical (unpaired) electrons. The molecule has 0 aliphatic rings. The third-order valence-electron chi connectivity index (χ3n) is 0.640. The van der Waals surface area contributed by atoms with Crippen molar-refractivity contribution in [3.8, 4) is 0 Å². The molecule has 0 aliphatic heterocycles. The van der Waals surface area contributed by atoms with Crippen molar-refractivity contribution >= 4 is 12.0 Å². The molecule has 0 aliphatic carbocycles. The predicted molar refractivity (Wildman–Crippen MR) is 46.9 cm³/mol. The highest BCUT2D eigenvalue weighted by Gasteiger charge is 2.11. The average Bonchev–Trinajstić information content (AvgIpc) is 1.59. The molecule has 62 valence electrons. The molecule has 0 spiro atoms. The lowest BCUT2D eigenvalue weighted by atomic mass is 10.3. The van der Waals surface area contributed by atoms with Gasteiger partial charge in [-0.15, -0.1) is 0 Å². The second kappa shape index (κ2) is 4.21. The number of hydrogen-bond acceptors (Lipinski definition) is 3. The normalized spacial score (nSPS) is 15.3. The first-order valence-electron chi connectivity index (χ1n) is 3.48. The van der Waals surface area contributed by atoms with Gasteiger partial charge in [0.05, 0.1) is 6.61 Å². The zero-order valence-corrected chi connectivity index (χ0v) is 7.99. The maximum absolute atomic E-state index is 5.48. The fourth-order valence-electron chi connectivity index (χ4n) is 0.318. The van der Waals surface area contributed by atoms with E-state index in [1.807, 2.05) is 6.92 Å². The van der Waals surface area contributed by atoms with Crippen LogP contribution in [0.1, 0.15) is 27.7 Å². The van der Waals surface area contributed by atoms with Gasteiger partial charge in [-0.05, 0) is 39.7 Å². The van der Waals surface area contributed by atoms with Crippen LogP contribution in [0, 0.1) is 0 Å². The maximum Gasteiger partial charge on any atom is 0.0762 e. The third-order valence-corrected chi connectivity index (χ3v) is 1.39. The lowest BCUT2D eigenvalue weighted by Crippen LogP contribution is -2.21. The molecule has 0 saturated heterocycles. The zero-order chi connectivity index (χ0) is 8.20. The molecular formula is C7H17NOS. The van der Waals surface area contributed by atoms with Gasteiger partial charge in [-0.1, -0.05) is 0 Å². The van der Waals surface area contributed by atoms with Crippen LogP contribution in [0.4, 0.5) is 0 Å². The van der Waals surface area contributed by atoms with Crippen LogP contribution >= 0.6 is 12.0 Å². The van der Waals surface area contributed by atoms with Gasteiger partial charge >= 0.3 is 0 Å². The van der Waals surface area contributed by atoms with Crippen LogP contribution in [0.5, 0.6) is 0 Å². The Bertz CT molecular complexity index is 88.1. The summed E-state index contributed by atoms with van der Waals surface area (Å²) in [5.74, 6) is 0. The molecule has 0 rings (SSSR count). The first kappa shape index (κ1) is 10.3. The molecule has 3 heteroatoms. The summed E-state index contributed by atoms with van der Waals surface area (Å²) in [5, 5.41) is 0. The van der Waals surface area contributed by atoms with Gasteiger partial charge in [-0.2, -0.15) is 0 Å². The molecule has 0 bridgehead atoms. The molecule has 1 unspecified atom stereocenters. The Kier molecular flexibility index (Phi) is 4.32. The average molecular weight is 163 g/mol. The van der Waals surface area contributed by atoms with Crippen LogP contribution in [-0.4, -0.2) is 17.4 Å². The van der Waals surface area contributed by atoms with Gasteiger partial charge in [-0.3, -0.25) is 0 Å². The van der Waals surface area contributed by atoms with E-state index in [2.05, 4.69) is 20.8 Å². The number of rotatable bonds is 3. The lowest BCUT2D eigenvalue weighted by Gasteiger charge is -2.16. The smallest absolute Gasteiger partial charge is 0.0762 e. The Morgan fingerprint density at radius 2 is 2.00 bits per heavy atom. The number of hydrogen-bond donors (Lipinski definition) is 1. The van der Waals surface area contributed by atoms with Crippen LogP contribution in [-0.2, 0) is 4.18 Å². The first-order valence-corrected chi connectivity index (χ1v) is 4.22. The summed E-state index contributed by atoms with van der Waals surface area (Å²) in [4.78, 5) is 0. The summed E-state index contributed by atoms with van der Waals surface area (Å²) < 4.78 is 5.43. The van der Waals surface area contributed by atoms with E-state index in [-0.39, 0.29) is 10.8 Å². The van der Waals surface area contributed by atoms with Gasteiger partial charge in [0.25, 0.3) is 0 Å². The van der Waals surface area contributed by atoms with E-state index in [9.17, 15) is 0 Å². The van der Waals surface area contributed by atoms with E-state index in [0.29, 0.717) is 6.61 Å². The highest BCUT2D eigenvalue weighted by atomic mass is 32.2. The SMILES string of the molecule is CC(N)COSC(C)(C)C. The number of nitrogens with two attached hydrogens (primary N) is 1. The van der Waals surface area contributed by atoms with Crippen molar-refractivity contribution in [2.75, 3.05) is 6.61 Å². The summed E-state index contributed by atoms with van der Waals surface area (Å²) >= 11 is 1.48. The second-order valence-electron chi connectivity index (χ2n) is 3.46. The summed E-state index contributed by atoms with van der Waals surface area (Å²) in [6, 6.07) is 0.134. The molecule has 0 aromatic rings. The Morgan fingerprint density at radius 1 is 1.50 bits per heavy atom. The van der Waals surface area contributed by atoms with E-state index < -0.39 is 0 Å². The molecule has 2 N–H and O–H groups in total. The minimum atomic E-state index is 0.134. The fourth-order valence-corrected chi connectivity index (χ4v) is 0.954. The molecular weight excluding hydrogens is 146 g/mol. The second-order valence-corrected chi connectivity index (χ2v) is 5.08. The van der Waals surface area contributed by atoms with Crippen LogP contribution in [0.3, 0.4) is 0 Å². The van der Waals surface area contributed by atoms with Crippen molar-refractivity contribution in [3.63, 3.8) is 0 Å². The predicted octanol–water partition coefficient (Wildman–Crippen LogP) is 1.80. The first-order chi connectivity index (χ1) is 4.42. The molecule has 0 amide bonds. The molecule has 0 fully saturated rings. The molecule has 0 aromatic carbocycles. The lowest BCUT2D eigenvalue weighted by molar-refractivity contribution is 0.339. The monoisotopic (exact) mass is 163 g/mol. The highest BCUT2D eigenvalue weighted by Crippen LogP contribution is 2.23. The van der Waals surface area contributed by atoms with Gasteiger partial charge in [0.2, 0.25) is 0 Å². The van der Waals surface area contributed by atoms with Crippen molar-refractivity contribution in [1.29, 1.82) is 0 Å². The van der Waals surface area contributed by atoms with E-state index in [1.165, 1.54) is 12.0 Å². The molecule has 0 heterocycles. The summed E-state index contributed by atoms with van der Waals surface area (Å²) in [7, 11) is 0. The van der Waals surface area contributed by atoms with E-state index in [1.54, 1.807) is 0 Å². The summed E-state index contributed by atoms with van der Waals surface area (Å²) in [6.07, 6.45) is 0. The van der Waals surface area contributed by atoms with E-state index in [4.69, 9.17) is 9.92 Å². The van der Waals surface area contributed by atoms with E-state index in [0.717, 1.165) is 0 Å². The van der Waals surface area contributed by atoms with Crippen LogP contribution in [0.2, 0.25) is 0 Å². The van der Waals surface area contributed by atoms with Crippen LogP contribution in [0.15, 0.2) is 0 Å². The largest absolute Gasteiger partial charge is 0.326 e. The molecule has 10 heavy (non-hydrogen) atoms. The topological polar surface area (TPSA) is 35.2 Å². The molecule has 0 aromatic heterocycles. The summed E-state index contributed by atoms with van der Waals surface area (Å²) in [5.41, 5.74) is 5.48. The van der Waals surface area contributed by atoms with Crippen molar-refractivity contribution in [2.45, 2.75) is 38.5 Å². The van der Waals surface area contributed by atoms with Gasteiger partial charge in [-0.25, -0.2) is 0 Å². The maximum atomic E-state index is 5.48. The Labute approximate surface area is 67.7 Å². The van der Waals surface area contributed by atoms with Crippen molar-refractivity contribution in [2.24, 2.45) is 5.73 Å². The Balaban J connectivity index is 3.21. The molecule has 1 atom stereocenters. The van der Waals surface area contributed by atoms with Gasteiger partial charge < -0.3 is 9.92 Å². The van der Waals surface area contributed by atoms with Crippen molar-refractivity contribution < 1.29 is 4.18 Å². The van der Waals surface area contributed by atoms with Crippen LogP contribution < -0.4 is 5.73 Å². The summed E-state index contributed by atoms with van der Waals surface area (Å²) in [6.45, 7) is 8.89. The van der Waals surface area contributed by atoms with Gasteiger partial charge in [0.1, 0.15) is 0 Å². The standard InChI is InChI=1S/C7H17NOS/c1-6(8)5-9-10-7(2,3)4/h6H,5,8H2,1-4H3. The van der Waals surface area contributed by atoms with Crippen molar-refractivity contribution in [3.05, 3.63) is 0 Å². The minimum Gasteiger partial charge on any atom is -0.326 e. The quantitative estimate of drug-likeness (QED) is 0.644. The molecule has 0 saturated carbocycles. The highest BCUT2D eigenvalue weighted by molar-refractivity contribution is 7.96. The molecule has 2 nitrogen and oxygen atoms in total. The van der Waals surface area contributed by atoms with Gasteiger partial charge in [0.15, 0.2) is 0 Å². The van der Waals surface area contributed by atoms with Gasteiger partial charge in [0, 0.05) is 10.8 Å². The minimum absolute atomic E-state index is 0.134. The fraction of sp³-hybridized carbons (Fsp3) is 1.00. The zero-order valence-electron chi connectivity index (χ0n) is 7.18. The van der Waals surface area contributed by atoms with E-state index >= 15 is 0 Å². The third kappa shape index (κ3) is 8.27. The van der Waals surface area contributed by atoms with Crippen molar-refractivity contribution in [1.82, 2.24) is 0 Å². The Hall–Kier alpha value is 0.270. The van der Waals surface area contributed by atoms with Crippen LogP contribution in [0.25, 0.3) is 0 Å².